The molecule has 3 aromatic rings. The van der Waals surface area contributed by atoms with E-state index in [1.165, 1.54) is 25.3 Å². The summed E-state index contributed by atoms with van der Waals surface area (Å²) >= 11 is 11.8. The number of rotatable bonds is 6. The number of methoxy groups -OCH3 is 1. The molecule has 8 nitrogen and oxygen atoms in total. The Morgan fingerprint density at radius 3 is 2.66 bits per heavy atom. The van der Waals surface area contributed by atoms with Crippen molar-refractivity contribution in [2.45, 2.75) is 0 Å². The number of nitrogens with two attached hydrogens (primary N) is 1. The molecule has 0 aliphatic heterocycles. The molecule has 3 rings (SSSR count). The number of ether oxygens (including phenoxy) is 2. The Morgan fingerprint density at radius 2 is 1.97 bits per heavy atom. The molecule has 0 aliphatic rings. The van der Waals surface area contributed by atoms with Crippen molar-refractivity contribution >= 4 is 46.0 Å². The lowest BCUT2D eigenvalue weighted by molar-refractivity contribution is -0.123. The molecule has 1 heterocycles. The van der Waals surface area contributed by atoms with Crippen LogP contribution in [0.5, 0.6) is 11.5 Å². The molecule has 0 saturated heterocycles. The van der Waals surface area contributed by atoms with Gasteiger partial charge in [0.25, 0.3) is 11.8 Å². The summed E-state index contributed by atoms with van der Waals surface area (Å²) in [6.45, 7) is -0.373. The van der Waals surface area contributed by atoms with Crippen molar-refractivity contribution in [1.82, 2.24) is 5.43 Å². The number of fused-ring (bicyclic) bond motifs is 1. The molecular weight excluding hydrogens is 421 g/mol. The van der Waals surface area contributed by atoms with Gasteiger partial charge in [-0.05, 0) is 42.5 Å². The SMILES string of the molecule is COc1ccc2oc(=NNC(=O)COc3ccc(Cl)cc3Cl)c(C(N)=O)cc2c1. The van der Waals surface area contributed by atoms with Crippen LogP contribution in [0.2, 0.25) is 10.0 Å². The zero-order valence-electron chi connectivity index (χ0n) is 15.1. The first-order chi connectivity index (χ1) is 13.9. The zero-order chi connectivity index (χ0) is 21.0. The summed E-state index contributed by atoms with van der Waals surface area (Å²) < 4.78 is 16.0. The van der Waals surface area contributed by atoms with Gasteiger partial charge in [0.15, 0.2) is 6.61 Å². The van der Waals surface area contributed by atoms with Crippen molar-refractivity contribution in [3.8, 4) is 11.5 Å². The molecule has 0 unspecified atom stereocenters. The van der Waals surface area contributed by atoms with E-state index >= 15 is 0 Å². The van der Waals surface area contributed by atoms with Crippen LogP contribution in [0.3, 0.4) is 0 Å². The smallest absolute Gasteiger partial charge is 0.278 e. The third-order valence-electron chi connectivity index (χ3n) is 3.75. The number of primary amides is 1. The molecule has 0 aliphatic carbocycles. The summed E-state index contributed by atoms with van der Waals surface area (Å²) in [4.78, 5) is 23.8. The van der Waals surface area contributed by atoms with Crippen LogP contribution in [0.1, 0.15) is 10.4 Å². The largest absolute Gasteiger partial charge is 0.497 e. The monoisotopic (exact) mass is 435 g/mol. The predicted octanol–water partition coefficient (Wildman–Crippen LogP) is 2.86. The molecule has 2 amide bonds. The molecule has 0 atom stereocenters. The van der Waals surface area contributed by atoms with Crippen molar-refractivity contribution in [3.63, 3.8) is 0 Å². The first-order valence-electron chi connectivity index (χ1n) is 8.19. The average molecular weight is 436 g/mol. The molecular formula is C19H15Cl2N3O5. The number of amides is 2. The van der Waals surface area contributed by atoms with E-state index in [-0.39, 0.29) is 28.5 Å². The van der Waals surface area contributed by atoms with Crippen LogP contribution in [0.15, 0.2) is 52.0 Å². The first kappa shape index (κ1) is 20.5. The van der Waals surface area contributed by atoms with Gasteiger partial charge in [-0.3, -0.25) is 9.59 Å². The van der Waals surface area contributed by atoms with Gasteiger partial charge in [0.05, 0.1) is 12.1 Å². The Kier molecular flexibility index (Phi) is 6.26. The number of hydrogen-bond acceptors (Lipinski definition) is 6. The fourth-order valence-electron chi connectivity index (χ4n) is 2.38. The molecule has 3 N–H and O–H groups in total. The minimum atomic E-state index is -0.768. The van der Waals surface area contributed by atoms with Gasteiger partial charge in [-0.15, -0.1) is 5.10 Å². The summed E-state index contributed by atoms with van der Waals surface area (Å²) in [7, 11) is 1.52. The minimum absolute atomic E-state index is 0.00674. The van der Waals surface area contributed by atoms with Crippen LogP contribution in [0.25, 0.3) is 11.0 Å². The summed E-state index contributed by atoms with van der Waals surface area (Å²) in [5.74, 6) is -0.500. The summed E-state index contributed by atoms with van der Waals surface area (Å²) in [5.41, 5.74) is 7.91. The molecule has 2 aromatic carbocycles. The Labute approximate surface area is 174 Å². The van der Waals surface area contributed by atoms with Crippen LogP contribution in [-0.4, -0.2) is 25.5 Å². The third kappa shape index (κ3) is 4.98. The Hall–Kier alpha value is -3.23. The highest BCUT2D eigenvalue weighted by Gasteiger charge is 2.11. The van der Waals surface area contributed by atoms with E-state index in [9.17, 15) is 9.59 Å². The van der Waals surface area contributed by atoms with Gasteiger partial charge in [-0.2, -0.15) is 0 Å². The maximum atomic E-state index is 12.0. The van der Waals surface area contributed by atoms with Gasteiger partial charge >= 0.3 is 0 Å². The van der Waals surface area contributed by atoms with E-state index in [0.29, 0.717) is 21.7 Å². The Balaban J connectivity index is 1.80. The zero-order valence-corrected chi connectivity index (χ0v) is 16.6. The molecule has 0 saturated carbocycles. The van der Waals surface area contributed by atoms with Crippen LogP contribution < -0.4 is 26.2 Å². The second kappa shape index (κ2) is 8.85. The van der Waals surface area contributed by atoms with Crippen molar-refractivity contribution in [1.29, 1.82) is 0 Å². The molecule has 0 bridgehead atoms. The highest BCUT2D eigenvalue weighted by Crippen LogP contribution is 2.27. The molecule has 10 heteroatoms. The first-order valence-corrected chi connectivity index (χ1v) is 8.95. The van der Waals surface area contributed by atoms with E-state index in [1.807, 2.05) is 0 Å². The second-order valence-corrected chi connectivity index (χ2v) is 6.59. The summed E-state index contributed by atoms with van der Waals surface area (Å²) in [6, 6.07) is 11.1. The maximum Gasteiger partial charge on any atom is 0.278 e. The topological polar surface area (TPSA) is 116 Å². The van der Waals surface area contributed by atoms with E-state index < -0.39 is 11.8 Å². The molecule has 0 spiro atoms. The van der Waals surface area contributed by atoms with Crippen LogP contribution >= 0.6 is 23.2 Å². The quantitative estimate of drug-likeness (QED) is 0.577. The summed E-state index contributed by atoms with van der Waals surface area (Å²) in [6.07, 6.45) is 0. The van der Waals surface area contributed by atoms with E-state index in [0.717, 1.165) is 0 Å². The average Bonchev–Trinajstić information content (AvgIpc) is 2.70. The van der Waals surface area contributed by atoms with E-state index in [2.05, 4.69) is 10.5 Å². The van der Waals surface area contributed by atoms with Crippen LogP contribution in [0.4, 0.5) is 0 Å². The maximum absolute atomic E-state index is 12.0. The van der Waals surface area contributed by atoms with E-state index in [4.69, 9.17) is 42.8 Å². The lowest BCUT2D eigenvalue weighted by Gasteiger charge is -2.07. The minimum Gasteiger partial charge on any atom is -0.497 e. The fourth-order valence-corrected chi connectivity index (χ4v) is 2.84. The Bertz CT molecular complexity index is 1160. The molecule has 29 heavy (non-hydrogen) atoms. The number of halogens is 2. The number of nitrogens with zero attached hydrogens (tertiary/aromatic N) is 1. The lowest BCUT2D eigenvalue weighted by Crippen LogP contribution is -2.29. The van der Waals surface area contributed by atoms with Crippen LogP contribution in [-0.2, 0) is 4.79 Å². The number of nitrogens with one attached hydrogen (secondary N) is 1. The highest BCUT2D eigenvalue weighted by molar-refractivity contribution is 6.35. The van der Waals surface area contributed by atoms with Gasteiger partial charge in [0.2, 0.25) is 5.55 Å². The number of carbonyl (C=O) groups is 2. The van der Waals surface area contributed by atoms with Crippen molar-refractivity contribution in [3.05, 3.63) is 63.6 Å². The Morgan fingerprint density at radius 1 is 1.17 bits per heavy atom. The van der Waals surface area contributed by atoms with Gasteiger partial charge in [0.1, 0.15) is 22.6 Å². The standard InChI is InChI=1S/C19H15Cl2N3O5/c1-27-12-3-5-15-10(6-12)7-13(18(22)26)19(29-15)24-23-17(25)9-28-16-4-2-11(20)8-14(16)21/h2-8H,9H2,1H3,(H2,22,26)(H,23,25). The van der Waals surface area contributed by atoms with Crippen molar-refractivity contribution in [2.24, 2.45) is 10.8 Å². The van der Waals surface area contributed by atoms with Crippen molar-refractivity contribution < 1.29 is 23.5 Å². The molecule has 150 valence electrons. The second-order valence-electron chi connectivity index (χ2n) is 5.74. The van der Waals surface area contributed by atoms with Gasteiger partial charge in [-0.25, -0.2) is 5.43 Å². The van der Waals surface area contributed by atoms with E-state index in [1.54, 1.807) is 24.3 Å². The molecule has 0 radical (unpaired) electrons. The number of hydrogen-bond donors (Lipinski definition) is 2. The van der Waals surface area contributed by atoms with Gasteiger partial charge < -0.3 is 19.6 Å². The van der Waals surface area contributed by atoms with Crippen LogP contribution in [0, 0.1) is 0 Å². The van der Waals surface area contributed by atoms with Crippen molar-refractivity contribution in [2.75, 3.05) is 13.7 Å². The third-order valence-corrected chi connectivity index (χ3v) is 4.28. The molecule has 1 aromatic heterocycles. The van der Waals surface area contributed by atoms with Gasteiger partial charge in [-0.1, -0.05) is 23.2 Å². The summed E-state index contributed by atoms with van der Waals surface area (Å²) in [5, 5.41) is 5.13. The number of benzene rings is 2. The lowest BCUT2D eigenvalue weighted by atomic mass is 10.1. The van der Waals surface area contributed by atoms with Gasteiger partial charge in [0, 0.05) is 10.4 Å². The highest BCUT2D eigenvalue weighted by atomic mass is 35.5. The molecule has 0 fully saturated rings. The predicted molar refractivity (Wildman–Crippen MR) is 107 cm³/mol. The normalized spacial score (nSPS) is 11.3. The number of carbonyl (C=O) groups excluding carboxylic acids is 2. The fraction of sp³-hybridized carbons (Fsp3) is 0.105.